The molecule has 7 heteroatoms. The Bertz CT molecular complexity index is 258. The van der Waals surface area contributed by atoms with E-state index in [-0.39, 0.29) is 18.9 Å². The lowest BCUT2D eigenvalue weighted by molar-refractivity contribution is -0.394. The highest BCUT2D eigenvalue weighted by molar-refractivity contribution is 5.02. The number of aliphatic hydroxyl groups is 1. The zero-order chi connectivity index (χ0) is 8.27. The summed E-state index contributed by atoms with van der Waals surface area (Å²) in [6.45, 7) is -0.116. The van der Waals surface area contributed by atoms with Crippen molar-refractivity contribution in [1.29, 1.82) is 0 Å². The molecule has 0 radical (unpaired) electrons. The van der Waals surface area contributed by atoms with Crippen LogP contribution in [0, 0.1) is 10.1 Å². The third-order valence-electron chi connectivity index (χ3n) is 1.03. The molecular formula is C4H6N4O3. The standard InChI is InChI=1S/C4H6N4O3/c9-2-1-3-5-4(7-6-3)8(10)11/h9H,1-2H2,(H,5,6,7). The van der Waals surface area contributed by atoms with Crippen LogP contribution in [0.3, 0.4) is 0 Å². The van der Waals surface area contributed by atoms with E-state index in [9.17, 15) is 10.1 Å². The predicted molar refractivity (Wildman–Crippen MR) is 33.8 cm³/mol. The van der Waals surface area contributed by atoms with Gasteiger partial charge >= 0.3 is 5.95 Å². The van der Waals surface area contributed by atoms with Gasteiger partial charge in [0.05, 0.1) is 13.0 Å². The second kappa shape index (κ2) is 3.06. The molecule has 0 bridgehead atoms. The minimum atomic E-state index is -0.673. The van der Waals surface area contributed by atoms with Crippen molar-refractivity contribution in [3.63, 3.8) is 0 Å². The Kier molecular flexibility index (Phi) is 2.12. The van der Waals surface area contributed by atoms with Crippen LogP contribution >= 0.6 is 0 Å². The molecule has 0 atom stereocenters. The molecule has 0 aliphatic heterocycles. The fourth-order valence-corrected chi connectivity index (χ4v) is 0.580. The van der Waals surface area contributed by atoms with Crippen LogP contribution in [0.5, 0.6) is 0 Å². The maximum absolute atomic E-state index is 10.0. The molecule has 60 valence electrons. The van der Waals surface area contributed by atoms with Gasteiger partial charge in [-0.1, -0.05) is 5.10 Å². The van der Waals surface area contributed by atoms with E-state index in [2.05, 4.69) is 15.2 Å². The molecule has 0 fully saturated rings. The fraction of sp³-hybridized carbons (Fsp3) is 0.500. The first-order valence-corrected chi connectivity index (χ1v) is 2.90. The molecule has 0 aromatic carbocycles. The van der Waals surface area contributed by atoms with Crippen LogP contribution in [0.15, 0.2) is 0 Å². The second-order valence-corrected chi connectivity index (χ2v) is 1.81. The molecule has 0 saturated carbocycles. The van der Waals surface area contributed by atoms with Crippen LogP contribution in [0.25, 0.3) is 0 Å². The predicted octanol–water partition coefficient (Wildman–Crippen LogP) is -0.752. The Morgan fingerprint density at radius 1 is 1.73 bits per heavy atom. The second-order valence-electron chi connectivity index (χ2n) is 1.81. The molecular weight excluding hydrogens is 152 g/mol. The van der Waals surface area contributed by atoms with E-state index in [0.717, 1.165) is 0 Å². The van der Waals surface area contributed by atoms with Gasteiger partial charge in [-0.2, -0.15) is 0 Å². The van der Waals surface area contributed by atoms with Gasteiger partial charge < -0.3 is 15.2 Å². The number of nitrogens with one attached hydrogen (secondary N) is 1. The first-order chi connectivity index (χ1) is 5.24. The van der Waals surface area contributed by atoms with Crippen molar-refractivity contribution in [2.24, 2.45) is 0 Å². The summed E-state index contributed by atoms with van der Waals surface area (Å²) in [6, 6.07) is 0. The summed E-state index contributed by atoms with van der Waals surface area (Å²) in [4.78, 5) is 12.8. The van der Waals surface area contributed by atoms with Gasteiger partial charge in [-0.3, -0.25) is 0 Å². The van der Waals surface area contributed by atoms with Gasteiger partial charge in [0.25, 0.3) is 0 Å². The maximum Gasteiger partial charge on any atom is 0.453 e. The van der Waals surface area contributed by atoms with E-state index in [0.29, 0.717) is 0 Å². The Labute approximate surface area is 61.2 Å². The summed E-state index contributed by atoms with van der Waals surface area (Å²) < 4.78 is 0. The average Bonchev–Trinajstić information content (AvgIpc) is 2.37. The topological polar surface area (TPSA) is 105 Å². The van der Waals surface area contributed by atoms with Crippen molar-refractivity contribution in [3.8, 4) is 0 Å². The number of rotatable bonds is 3. The quantitative estimate of drug-likeness (QED) is 0.444. The van der Waals surface area contributed by atoms with Crippen LogP contribution < -0.4 is 0 Å². The highest BCUT2D eigenvalue weighted by Crippen LogP contribution is 2.00. The van der Waals surface area contributed by atoms with Crippen LogP contribution in [0.1, 0.15) is 5.82 Å². The summed E-state index contributed by atoms with van der Waals surface area (Å²) in [5, 5.41) is 24.0. The summed E-state index contributed by atoms with van der Waals surface area (Å²) >= 11 is 0. The number of aliphatic hydroxyl groups excluding tert-OH is 1. The third kappa shape index (κ3) is 1.71. The number of nitro groups is 1. The zero-order valence-electron chi connectivity index (χ0n) is 5.52. The van der Waals surface area contributed by atoms with Gasteiger partial charge in [0.2, 0.25) is 5.82 Å². The minimum Gasteiger partial charge on any atom is -0.396 e. The number of hydrogen-bond acceptors (Lipinski definition) is 5. The highest BCUT2D eigenvalue weighted by atomic mass is 16.6. The number of aromatic amines is 1. The molecule has 11 heavy (non-hydrogen) atoms. The van der Waals surface area contributed by atoms with E-state index < -0.39 is 10.9 Å². The van der Waals surface area contributed by atoms with Crippen LogP contribution in [-0.2, 0) is 6.42 Å². The van der Waals surface area contributed by atoms with Crippen LogP contribution in [-0.4, -0.2) is 31.8 Å². The van der Waals surface area contributed by atoms with E-state index >= 15 is 0 Å². The molecule has 1 heterocycles. The monoisotopic (exact) mass is 158 g/mol. The van der Waals surface area contributed by atoms with Gasteiger partial charge in [-0.15, -0.1) is 5.10 Å². The Morgan fingerprint density at radius 3 is 2.91 bits per heavy atom. The van der Waals surface area contributed by atoms with Crippen LogP contribution in [0.4, 0.5) is 5.95 Å². The maximum atomic E-state index is 10.0. The van der Waals surface area contributed by atoms with E-state index in [1.165, 1.54) is 0 Å². The van der Waals surface area contributed by atoms with E-state index in [1.807, 2.05) is 0 Å². The van der Waals surface area contributed by atoms with Crippen molar-refractivity contribution in [2.75, 3.05) is 6.61 Å². The summed E-state index contributed by atoms with van der Waals surface area (Å²) in [6.07, 6.45) is 0.227. The lowest BCUT2D eigenvalue weighted by Gasteiger charge is -1.83. The third-order valence-corrected chi connectivity index (χ3v) is 1.03. The Balaban J connectivity index is 2.73. The molecule has 1 aromatic heterocycles. The number of nitrogens with zero attached hydrogens (tertiary/aromatic N) is 3. The molecule has 0 unspecified atom stereocenters. The van der Waals surface area contributed by atoms with Crippen molar-refractivity contribution in [3.05, 3.63) is 15.9 Å². The van der Waals surface area contributed by atoms with Gasteiger partial charge in [-0.25, -0.2) is 0 Å². The largest absolute Gasteiger partial charge is 0.453 e. The van der Waals surface area contributed by atoms with Gasteiger partial charge in [0.1, 0.15) is 0 Å². The lowest BCUT2D eigenvalue weighted by Crippen LogP contribution is -1.93. The van der Waals surface area contributed by atoms with Crippen molar-refractivity contribution in [1.82, 2.24) is 15.2 Å². The molecule has 7 nitrogen and oxygen atoms in total. The van der Waals surface area contributed by atoms with Crippen molar-refractivity contribution < 1.29 is 10.0 Å². The molecule has 0 aliphatic carbocycles. The molecule has 0 aliphatic rings. The normalized spacial score (nSPS) is 9.91. The van der Waals surface area contributed by atoms with Crippen molar-refractivity contribution in [2.45, 2.75) is 6.42 Å². The fourth-order valence-electron chi connectivity index (χ4n) is 0.580. The molecule has 2 N–H and O–H groups in total. The highest BCUT2D eigenvalue weighted by Gasteiger charge is 2.12. The van der Waals surface area contributed by atoms with Gasteiger partial charge in [0.15, 0.2) is 0 Å². The molecule has 0 amide bonds. The molecule has 0 saturated heterocycles. The SMILES string of the molecule is O=[N+]([O-])c1nc(CCO)n[nH]1. The number of aromatic nitrogens is 3. The summed E-state index contributed by atoms with van der Waals surface area (Å²) in [7, 11) is 0. The number of H-pyrrole nitrogens is 1. The van der Waals surface area contributed by atoms with Gasteiger partial charge in [0, 0.05) is 0 Å². The first-order valence-electron chi connectivity index (χ1n) is 2.90. The first kappa shape index (κ1) is 7.61. The summed E-state index contributed by atoms with van der Waals surface area (Å²) in [5.41, 5.74) is 0. The Morgan fingerprint density at radius 2 is 2.45 bits per heavy atom. The van der Waals surface area contributed by atoms with E-state index in [4.69, 9.17) is 5.11 Å². The van der Waals surface area contributed by atoms with Crippen LogP contribution in [0.2, 0.25) is 0 Å². The molecule has 1 rings (SSSR count). The lowest BCUT2D eigenvalue weighted by atomic mass is 10.4. The zero-order valence-corrected chi connectivity index (χ0v) is 5.52. The Hall–Kier alpha value is -1.50. The number of hydrogen-bond donors (Lipinski definition) is 2. The van der Waals surface area contributed by atoms with Crippen molar-refractivity contribution >= 4 is 5.95 Å². The molecule has 1 aromatic rings. The summed E-state index contributed by atoms with van der Waals surface area (Å²) in [5.74, 6) is -0.146. The van der Waals surface area contributed by atoms with E-state index in [1.54, 1.807) is 0 Å². The van der Waals surface area contributed by atoms with Gasteiger partial charge in [-0.05, 0) is 9.91 Å². The molecule has 0 spiro atoms. The average molecular weight is 158 g/mol. The minimum absolute atomic E-state index is 0.116. The smallest absolute Gasteiger partial charge is 0.396 e.